The first-order valence-corrected chi connectivity index (χ1v) is 6.08. The normalized spacial score (nSPS) is 9.89. The molecule has 0 saturated carbocycles. The van der Waals surface area contributed by atoms with Gasteiger partial charge in [-0.05, 0) is 30.7 Å². The number of hydrogen-bond donors (Lipinski definition) is 1. The highest BCUT2D eigenvalue weighted by Gasteiger charge is 2.16. The first-order valence-electron chi connectivity index (χ1n) is 6.08. The molecule has 0 aliphatic rings. The SMILES string of the molecule is CCC(=O)Nc1ccc(N(C(C)=O)C(C)=O)cc1C. The fraction of sp³-hybridized carbons (Fsp3) is 0.357. The number of amides is 3. The number of carbonyl (C=O) groups excluding carboxylic acids is 3. The Labute approximate surface area is 112 Å². The average Bonchev–Trinajstić information content (AvgIpc) is 2.31. The summed E-state index contributed by atoms with van der Waals surface area (Å²) in [5, 5.41) is 2.76. The van der Waals surface area contributed by atoms with Gasteiger partial charge in [-0.25, -0.2) is 0 Å². The highest BCUT2D eigenvalue weighted by molar-refractivity contribution is 6.13. The molecule has 0 heterocycles. The zero-order valence-electron chi connectivity index (χ0n) is 11.6. The van der Waals surface area contributed by atoms with E-state index in [4.69, 9.17) is 0 Å². The molecule has 5 heteroatoms. The van der Waals surface area contributed by atoms with Crippen LogP contribution in [0.5, 0.6) is 0 Å². The third-order valence-corrected chi connectivity index (χ3v) is 2.69. The molecule has 0 bridgehead atoms. The number of anilines is 2. The van der Waals surface area contributed by atoms with Crippen LogP contribution in [0.25, 0.3) is 0 Å². The summed E-state index contributed by atoms with van der Waals surface area (Å²) in [5.74, 6) is -0.750. The maximum absolute atomic E-state index is 11.4. The van der Waals surface area contributed by atoms with Crippen LogP contribution in [0.2, 0.25) is 0 Å². The molecule has 0 atom stereocenters. The van der Waals surface area contributed by atoms with E-state index < -0.39 is 0 Å². The molecule has 0 saturated heterocycles. The van der Waals surface area contributed by atoms with Gasteiger partial charge in [0.15, 0.2) is 0 Å². The zero-order valence-corrected chi connectivity index (χ0v) is 11.6. The summed E-state index contributed by atoms with van der Waals surface area (Å²) >= 11 is 0. The Morgan fingerprint density at radius 1 is 1.16 bits per heavy atom. The molecule has 19 heavy (non-hydrogen) atoms. The molecule has 0 radical (unpaired) electrons. The van der Waals surface area contributed by atoms with Crippen LogP contribution < -0.4 is 10.2 Å². The van der Waals surface area contributed by atoms with Crippen molar-refractivity contribution in [1.82, 2.24) is 0 Å². The molecule has 3 amide bonds. The summed E-state index contributed by atoms with van der Waals surface area (Å²) in [6.45, 7) is 6.26. The van der Waals surface area contributed by atoms with Gasteiger partial charge < -0.3 is 5.32 Å². The van der Waals surface area contributed by atoms with Crippen molar-refractivity contribution in [2.75, 3.05) is 10.2 Å². The molecule has 102 valence electrons. The van der Waals surface area contributed by atoms with Crippen molar-refractivity contribution in [1.29, 1.82) is 0 Å². The lowest BCUT2D eigenvalue weighted by Gasteiger charge is -2.18. The predicted molar refractivity (Wildman–Crippen MR) is 73.9 cm³/mol. The van der Waals surface area contributed by atoms with E-state index in [1.807, 2.05) is 6.92 Å². The maximum atomic E-state index is 11.4. The van der Waals surface area contributed by atoms with Crippen LogP contribution in [0.1, 0.15) is 32.8 Å². The minimum absolute atomic E-state index is 0.0779. The van der Waals surface area contributed by atoms with E-state index in [9.17, 15) is 14.4 Å². The highest BCUT2D eigenvalue weighted by atomic mass is 16.2. The van der Waals surface area contributed by atoms with Crippen LogP contribution in [0.4, 0.5) is 11.4 Å². The van der Waals surface area contributed by atoms with Gasteiger partial charge in [0, 0.05) is 26.0 Å². The first kappa shape index (κ1) is 14.9. The Balaban J connectivity index is 3.08. The smallest absolute Gasteiger partial charge is 0.230 e. The molecular weight excluding hydrogens is 244 g/mol. The van der Waals surface area contributed by atoms with E-state index in [0.717, 1.165) is 10.5 Å². The summed E-state index contributed by atoms with van der Waals surface area (Å²) in [7, 11) is 0. The first-order chi connectivity index (χ1) is 8.86. The van der Waals surface area contributed by atoms with Gasteiger partial charge in [0.25, 0.3) is 0 Å². The van der Waals surface area contributed by atoms with Crippen molar-refractivity contribution in [3.05, 3.63) is 23.8 Å². The Hall–Kier alpha value is -2.17. The van der Waals surface area contributed by atoms with Crippen LogP contribution in [0, 0.1) is 6.92 Å². The Kier molecular flexibility index (Phi) is 4.80. The number of carbonyl (C=O) groups is 3. The molecule has 5 nitrogen and oxygen atoms in total. The third-order valence-electron chi connectivity index (χ3n) is 2.69. The van der Waals surface area contributed by atoms with Crippen molar-refractivity contribution in [3.8, 4) is 0 Å². The van der Waals surface area contributed by atoms with Gasteiger partial charge in [-0.15, -0.1) is 0 Å². The van der Waals surface area contributed by atoms with Crippen molar-refractivity contribution >= 4 is 29.1 Å². The van der Waals surface area contributed by atoms with E-state index in [2.05, 4.69) is 5.32 Å². The fourth-order valence-electron chi connectivity index (χ4n) is 1.75. The number of aryl methyl sites for hydroxylation is 1. The van der Waals surface area contributed by atoms with E-state index in [1.54, 1.807) is 25.1 Å². The Morgan fingerprint density at radius 3 is 2.16 bits per heavy atom. The molecule has 1 N–H and O–H groups in total. The van der Waals surface area contributed by atoms with Crippen molar-refractivity contribution in [3.63, 3.8) is 0 Å². The molecule has 0 spiro atoms. The molecule has 1 aromatic carbocycles. The van der Waals surface area contributed by atoms with Gasteiger partial charge in [-0.3, -0.25) is 19.3 Å². The number of rotatable bonds is 3. The molecule has 0 fully saturated rings. The summed E-state index contributed by atoms with van der Waals surface area (Å²) < 4.78 is 0. The Morgan fingerprint density at radius 2 is 1.74 bits per heavy atom. The predicted octanol–water partition coefficient (Wildman–Crippen LogP) is 2.24. The lowest BCUT2D eigenvalue weighted by Crippen LogP contribution is -2.33. The van der Waals surface area contributed by atoms with Gasteiger partial charge in [0.2, 0.25) is 17.7 Å². The van der Waals surface area contributed by atoms with Gasteiger partial charge >= 0.3 is 0 Å². The van der Waals surface area contributed by atoms with Gasteiger partial charge in [0.1, 0.15) is 0 Å². The second-order valence-corrected chi connectivity index (χ2v) is 4.27. The average molecular weight is 262 g/mol. The summed E-state index contributed by atoms with van der Waals surface area (Å²) in [6.07, 6.45) is 0.397. The minimum atomic E-state index is -0.336. The van der Waals surface area contributed by atoms with Crippen molar-refractivity contribution in [2.45, 2.75) is 34.1 Å². The number of nitrogens with zero attached hydrogens (tertiary/aromatic N) is 1. The van der Waals surface area contributed by atoms with Crippen molar-refractivity contribution < 1.29 is 14.4 Å². The quantitative estimate of drug-likeness (QED) is 0.908. The fourth-order valence-corrected chi connectivity index (χ4v) is 1.75. The lowest BCUT2D eigenvalue weighted by atomic mass is 10.1. The van der Waals surface area contributed by atoms with E-state index >= 15 is 0 Å². The molecule has 0 aliphatic carbocycles. The van der Waals surface area contributed by atoms with Gasteiger partial charge in [-0.2, -0.15) is 0 Å². The molecule has 0 aliphatic heterocycles. The van der Waals surface area contributed by atoms with Crippen LogP contribution >= 0.6 is 0 Å². The number of nitrogens with one attached hydrogen (secondary N) is 1. The van der Waals surface area contributed by atoms with Gasteiger partial charge in [-0.1, -0.05) is 6.92 Å². The minimum Gasteiger partial charge on any atom is -0.326 e. The standard InChI is InChI=1S/C14H18N2O3/c1-5-14(19)15-13-7-6-12(8-9(13)2)16(10(3)17)11(4)18/h6-8H,5H2,1-4H3,(H,15,19). The van der Waals surface area contributed by atoms with E-state index in [-0.39, 0.29) is 17.7 Å². The molecule has 1 rings (SSSR count). The number of hydrogen-bond acceptors (Lipinski definition) is 3. The van der Waals surface area contributed by atoms with Crippen LogP contribution in [-0.4, -0.2) is 17.7 Å². The van der Waals surface area contributed by atoms with Crippen LogP contribution in [0.3, 0.4) is 0 Å². The monoisotopic (exact) mass is 262 g/mol. The van der Waals surface area contributed by atoms with Crippen LogP contribution in [-0.2, 0) is 14.4 Å². The summed E-state index contributed by atoms with van der Waals surface area (Å²) in [5.41, 5.74) is 1.99. The van der Waals surface area contributed by atoms with Crippen molar-refractivity contribution in [2.24, 2.45) is 0 Å². The third kappa shape index (κ3) is 3.64. The van der Waals surface area contributed by atoms with E-state index in [1.165, 1.54) is 13.8 Å². The number of benzene rings is 1. The molecule has 1 aromatic rings. The topological polar surface area (TPSA) is 66.5 Å². The second-order valence-electron chi connectivity index (χ2n) is 4.27. The second kappa shape index (κ2) is 6.13. The highest BCUT2D eigenvalue weighted by Crippen LogP contribution is 2.23. The maximum Gasteiger partial charge on any atom is 0.230 e. The molecular formula is C14H18N2O3. The van der Waals surface area contributed by atoms with Gasteiger partial charge in [0.05, 0.1) is 5.69 Å². The summed E-state index contributed by atoms with van der Waals surface area (Å²) in [4.78, 5) is 35.3. The summed E-state index contributed by atoms with van der Waals surface area (Å²) in [6, 6.07) is 5.03. The lowest BCUT2D eigenvalue weighted by molar-refractivity contribution is -0.124. The molecule has 0 aromatic heterocycles. The molecule has 0 unspecified atom stereocenters. The largest absolute Gasteiger partial charge is 0.326 e. The van der Waals surface area contributed by atoms with Crippen LogP contribution in [0.15, 0.2) is 18.2 Å². The van der Waals surface area contributed by atoms with E-state index in [0.29, 0.717) is 17.8 Å². The number of imide groups is 1. The Bertz CT molecular complexity index is 509. The zero-order chi connectivity index (χ0) is 14.6.